The molecule has 3 unspecified atom stereocenters. The summed E-state index contributed by atoms with van der Waals surface area (Å²) in [5.41, 5.74) is 8.85. The van der Waals surface area contributed by atoms with Gasteiger partial charge in [-0.2, -0.15) is 0 Å². The topological polar surface area (TPSA) is 205 Å². The summed E-state index contributed by atoms with van der Waals surface area (Å²) in [4.78, 5) is 68.1. The summed E-state index contributed by atoms with van der Waals surface area (Å²) in [7, 11) is 1.18. The van der Waals surface area contributed by atoms with Gasteiger partial charge in [0.05, 0.1) is 7.11 Å². The number of nitrogens with two attached hydrogens (primary N) is 1. The third-order valence-electron chi connectivity index (χ3n) is 6.86. The highest BCUT2D eigenvalue weighted by Crippen LogP contribution is 2.20. The van der Waals surface area contributed by atoms with E-state index in [1.54, 1.807) is 24.3 Å². The first kappa shape index (κ1) is 33.3. The van der Waals surface area contributed by atoms with Crippen molar-refractivity contribution in [1.82, 2.24) is 21.0 Å². The van der Waals surface area contributed by atoms with Crippen molar-refractivity contribution in [2.45, 2.75) is 56.8 Å². The number of nitrogens with one attached hydrogen (secondary N) is 3. The van der Waals surface area contributed by atoms with E-state index < -0.39 is 47.0 Å². The lowest BCUT2D eigenvalue weighted by molar-refractivity contribution is -0.822. The van der Waals surface area contributed by atoms with Crippen LogP contribution in [0.2, 0.25) is 0 Å². The molecule has 1 aliphatic heterocycles. The van der Waals surface area contributed by atoms with E-state index in [1.165, 1.54) is 12.0 Å². The third kappa shape index (κ3) is 10.6. The minimum atomic E-state index is -1.08. The van der Waals surface area contributed by atoms with Gasteiger partial charge in [-0.05, 0) is 42.2 Å². The average molecular weight is 613 g/mol. The van der Waals surface area contributed by atoms with Crippen LogP contribution in [-0.2, 0) is 36.9 Å². The van der Waals surface area contributed by atoms with Crippen molar-refractivity contribution in [2.75, 3.05) is 20.2 Å². The number of amides is 3. The maximum atomic E-state index is 13.5. The smallest absolute Gasteiger partial charge is 0.410 e. The van der Waals surface area contributed by atoms with E-state index in [1.807, 2.05) is 41.8 Å². The molecule has 0 spiro atoms. The first-order valence-corrected chi connectivity index (χ1v) is 14.1. The van der Waals surface area contributed by atoms with Gasteiger partial charge >= 0.3 is 17.1 Å². The minimum absolute atomic E-state index is 0.0609. The molecule has 6 N–H and O–H groups in total. The summed E-state index contributed by atoms with van der Waals surface area (Å²) in [6.45, 7) is 0.461. The van der Waals surface area contributed by atoms with Gasteiger partial charge in [0.15, 0.2) is 0 Å². The zero-order chi connectivity index (χ0) is 31.9. The Kier molecular flexibility index (Phi) is 12.9. The van der Waals surface area contributed by atoms with Crippen LogP contribution < -0.4 is 21.8 Å². The molecule has 0 radical (unpaired) electrons. The van der Waals surface area contributed by atoms with Crippen LogP contribution in [0.25, 0.3) is 0 Å². The van der Waals surface area contributed by atoms with Crippen LogP contribution in [0.15, 0.2) is 65.7 Å². The van der Waals surface area contributed by atoms with Gasteiger partial charge in [-0.1, -0.05) is 60.7 Å². The van der Waals surface area contributed by atoms with Crippen molar-refractivity contribution in [3.8, 4) is 0 Å². The maximum absolute atomic E-state index is 13.5. The van der Waals surface area contributed by atoms with Crippen molar-refractivity contribution in [1.29, 1.82) is 0 Å². The van der Waals surface area contributed by atoms with Crippen molar-refractivity contribution >= 4 is 29.8 Å². The highest BCUT2D eigenvalue weighted by molar-refractivity contribution is 5.93. The normalized spacial score (nSPS) is 15.9. The fraction of sp³-hybridized carbons (Fsp3) is 0.414. The summed E-state index contributed by atoms with van der Waals surface area (Å²) >= 11 is 0. The first-order valence-electron chi connectivity index (χ1n) is 14.1. The molecule has 0 bridgehead atoms. The Hall–Kier alpha value is -5.21. The van der Waals surface area contributed by atoms with Gasteiger partial charge in [0.25, 0.3) is 5.96 Å². The standard InChI is InChI=1S/C29H37N7O8/c1-43-27(39)22(14-8-16-31-28(30)34-36(41)42)32-25(37)23(18-20-10-4-2-5-11-20)33-26(38)24-15-9-17-35(24)29(40)44-19-21-12-6-3-7-13-21/h2-7,10-13,22-24H,8-9,14-19H2,1H3,(H5-,30,31,32,33,34,37,38,41,42)/p+1. The lowest BCUT2D eigenvalue weighted by Crippen LogP contribution is -2.56. The molecule has 44 heavy (non-hydrogen) atoms. The van der Waals surface area contributed by atoms with Crippen LogP contribution in [0, 0.1) is 4.91 Å². The highest BCUT2D eigenvalue weighted by Gasteiger charge is 2.37. The largest absolute Gasteiger partial charge is 0.467 e. The van der Waals surface area contributed by atoms with Crippen LogP contribution in [0.3, 0.4) is 0 Å². The summed E-state index contributed by atoms with van der Waals surface area (Å²) < 4.78 is 10.3. The number of hydrogen-bond donors (Lipinski definition) is 5. The predicted octanol–water partition coefficient (Wildman–Crippen LogP) is 0.941. The summed E-state index contributed by atoms with van der Waals surface area (Å²) in [6.07, 6.45) is 0.843. The predicted molar refractivity (Wildman–Crippen MR) is 157 cm³/mol. The Bertz CT molecular complexity index is 1310. The van der Waals surface area contributed by atoms with Crippen molar-refractivity contribution < 1.29 is 38.9 Å². The number of hydrogen-bond acceptors (Lipinski definition) is 8. The van der Waals surface area contributed by atoms with Crippen molar-refractivity contribution in [3.05, 3.63) is 76.7 Å². The van der Waals surface area contributed by atoms with Gasteiger partial charge in [0.2, 0.25) is 11.8 Å². The molecule has 2 aromatic rings. The molecule has 0 aromatic heterocycles. The number of hydrazine groups is 1. The number of rotatable bonds is 14. The molecule has 3 atom stereocenters. The Labute approximate surface area is 254 Å². The number of guanidine groups is 1. The number of carbonyl (C=O) groups excluding carboxylic acids is 4. The molecule has 15 nitrogen and oxygen atoms in total. The molecule has 0 saturated carbocycles. The fourth-order valence-corrected chi connectivity index (χ4v) is 4.68. The molecule has 2 aromatic carbocycles. The molecule has 15 heteroatoms. The molecule has 1 aliphatic rings. The molecule has 236 valence electrons. The summed E-state index contributed by atoms with van der Waals surface area (Å²) in [6, 6.07) is 15.2. The second kappa shape index (κ2) is 17.0. The van der Waals surface area contributed by atoms with Gasteiger partial charge in [0, 0.05) is 19.5 Å². The molecular formula is C29H38N7O8+. The Morgan fingerprint density at radius 1 is 1.05 bits per heavy atom. The number of methoxy groups -OCH3 is 1. The Morgan fingerprint density at radius 3 is 2.34 bits per heavy atom. The quantitative estimate of drug-likeness (QED) is 0.0671. The number of benzene rings is 2. The van der Waals surface area contributed by atoms with E-state index in [4.69, 9.17) is 20.4 Å². The Morgan fingerprint density at radius 2 is 1.70 bits per heavy atom. The van der Waals surface area contributed by atoms with Crippen molar-refractivity contribution in [3.63, 3.8) is 0 Å². The van der Waals surface area contributed by atoms with E-state index in [0.29, 0.717) is 19.4 Å². The lowest BCUT2D eigenvalue weighted by Gasteiger charge is -2.27. The number of nitrogens with zero attached hydrogens (tertiary/aromatic N) is 3. The van der Waals surface area contributed by atoms with E-state index in [0.717, 1.165) is 11.1 Å². The molecule has 1 saturated heterocycles. The molecule has 1 fully saturated rings. The van der Waals surface area contributed by atoms with Gasteiger partial charge in [-0.3, -0.25) is 14.5 Å². The van der Waals surface area contributed by atoms with E-state index in [-0.39, 0.29) is 38.4 Å². The highest BCUT2D eigenvalue weighted by atomic mass is 16.7. The molecule has 1 heterocycles. The van der Waals surface area contributed by atoms with Gasteiger partial charge in [0.1, 0.15) is 29.6 Å². The van der Waals surface area contributed by atoms with E-state index >= 15 is 0 Å². The fourth-order valence-electron chi connectivity index (χ4n) is 4.68. The summed E-state index contributed by atoms with van der Waals surface area (Å²) in [5.74, 6) is -2.18. The van der Waals surface area contributed by atoms with E-state index in [2.05, 4.69) is 15.6 Å². The van der Waals surface area contributed by atoms with Crippen LogP contribution in [-0.4, -0.2) is 83.3 Å². The molecule has 3 amide bonds. The second-order valence-corrected chi connectivity index (χ2v) is 10.0. The van der Waals surface area contributed by atoms with Gasteiger partial charge < -0.3 is 25.8 Å². The monoisotopic (exact) mass is 612 g/mol. The molecular weight excluding hydrogens is 574 g/mol. The van der Waals surface area contributed by atoms with Crippen molar-refractivity contribution in [2.24, 2.45) is 10.7 Å². The van der Waals surface area contributed by atoms with E-state index in [9.17, 15) is 24.1 Å². The number of ether oxygens (including phenoxy) is 2. The van der Waals surface area contributed by atoms with Crippen LogP contribution in [0.1, 0.15) is 36.8 Å². The average Bonchev–Trinajstić information content (AvgIpc) is 3.52. The van der Waals surface area contributed by atoms with Crippen LogP contribution in [0.4, 0.5) is 4.79 Å². The lowest BCUT2D eigenvalue weighted by atomic mass is 10.0. The van der Waals surface area contributed by atoms with Crippen LogP contribution in [0.5, 0.6) is 0 Å². The number of likely N-dealkylation sites (tertiary alicyclic amines) is 1. The zero-order valence-electron chi connectivity index (χ0n) is 24.4. The minimum Gasteiger partial charge on any atom is -0.467 e. The first-order chi connectivity index (χ1) is 21.2. The number of esters is 1. The van der Waals surface area contributed by atoms with Gasteiger partial charge in [-0.25, -0.2) is 19.8 Å². The third-order valence-corrected chi connectivity index (χ3v) is 6.86. The van der Waals surface area contributed by atoms with Gasteiger partial charge in [-0.15, -0.1) is 0 Å². The summed E-state index contributed by atoms with van der Waals surface area (Å²) in [5, 5.41) is 13.4. The molecule has 0 aliphatic carbocycles. The molecule has 3 rings (SSSR count). The van der Waals surface area contributed by atoms with Crippen LogP contribution >= 0.6 is 0 Å². The SMILES string of the molecule is COC(=O)C(CCCN=C(N)N[N+](=O)O)NC(=O)C(Cc1ccccc1)NC(=O)C1CCCN1C(=O)OCc1ccccc1. The maximum Gasteiger partial charge on any atom is 0.410 e. The Balaban J connectivity index is 1.67. The number of carbonyl (C=O) groups is 4. The number of aliphatic imine (C=N–C) groups is 1. The zero-order valence-corrected chi connectivity index (χ0v) is 24.4. The second-order valence-electron chi connectivity index (χ2n) is 10.0.